The van der Waals surface area contributed by atoms with Gasteiger partial charge in [-0.25, -0.2) is 0 Å². The zero-order chi connectivity index (χ0) is 6.81. The minimum absolute atomic E-state index is 0. The molecule has 0 N–H and O–H groups in total. The van der Waals surface area contributed by atoms with E-state index in [-0.39, 0.29) is 43.6 Å². The Bertz CT molecular complexity index is 273. The van der Waals surface area contributed by atoms with Crippen LogP contribution in [0, 0.1) is 0 Å². The van der Waals surface area contributed by atoms with Gasteiger partial charge in [-0.05, 0) is 12.1 Å². The number of hydrogen-bond acceptors (Lipinski definition) is 1. The van der Waals surface area contributed by atoms with Crippen molar-refractivity contribution < 1.29 is 30.9 Å². The molecule has 1 aromatic rings. The first-order chi connectivity index (χ1) is 4.97. The summed E-state index contributed by atoms with van der Waals surface area (Å²) in [6.07, 6.45) is 4.10. The van der Waals surface area contributed by atoms with E-state index in [2.05, 4.69) is 6.08 Å². The third-order valence-corrected chi connectivity index (χ3v) is 1.55. The molecule has 0 aliphatic carbocycles. The molecule has 1 nitrogen and oxygen atoms in total. The van der Waals surface area contributed by atoms with Gasteiger partial charge in [0.1, 0.15) is 12.4 Å². The average molecular weight is 250 g/mol. The van der Waals surface area contributed by atoms with Crippen LogP contribution in [0.3, 0.4) is 0 Å². The molecule has 1 aliphatic heterocycles. The van der Waals surface area contributed by atoms with E-state index in [1.807, 2.05) is 30.3 Å². The summed E-state index contributed by atoms with van der Waals surface area (Å²) in [4.78, 5) is 0. The van der Waals surface area contributed by atoms with Gasteiger partial charge in [-0.3, -0.25) is 0 Å². The van der Waals surface area contributed by atoms with Crippen molar-refractivity contribution in [1.82, 2.24) is 0 Å². The van der Waals surface area contributed by atoms with Gasteiger partial charge in [-0.2, -0.15) is 0 Å². The fourth-order valence-corrected chi connectivity index (χ4v) is 1.06. The molecule has 0 atom stereocenters. The number of benzene rings is 1. The molecule has 1 heterocycles. The molecule has 0 spiro atoms. The fraction of sp³-hybridized carbons (Fsp3) is 0.111. The summed E-state index contributed by atoms with van der Waals surface area (Å²) in [5.41, 5.74) is 1.17. The van der Waals surface area contributed by atoms with Gasteiger partial charge in [0.2, 0.25) is 0 Å². The molecule has 0 unspecified atom stereocenters. The van der Waals surface area contributed by atoms with Gasteiger partial charge in [-0.1, -0.05) is 24.3 Å². The van der Waals surface area contributed by atoms with Crippen molar-refractivity contribution in [1.29, 1.82) is 0 Å². The summed E-state index contributed by atoms with van der Waals surface area (Å²) in [7, 11) is 0. The van der Waals surface area contributed by atoms with Crippen molar-refractivity contribution in [3.8, 4) is 5.75 Å². The molecular formula is C9H8AlOZr. The SMILES string of the molecule is C1=Cc2ccccc2OC1.[Al].[Zr]. The molecule has 0 aromatic heterocycles. The predicted octanol–water partition coefficient (Wildman–Crippen LogP) is 1.71. The van der Waals surface area contributed by atoms with Crippen molar-refractivity contribution in [3.63, 3.8) is 0 Å². The molecule has 1 aromatic carbocycles. The number of hydrogen-bond donors (Lipinski definition) is 0. The van der Waals surface area contributed by atoms with Crippen LogP contribution in [0.25, 0.3) is 6.08 Å². The molecule has 12 heavy (non-hydrogen) atoms. The van der Waals surface area contributed by atoms with Gasteiger partial charge < -0.3 is 4.74 Å². The van der Waals surface area contributed by atoms with Gasteiger partial charge in [-0.15, -0.1) is 0 Å². The minimum atomic E-state index is 0. The fourth-order valence-electron chi connectivity index (χ4n) is 1.06. The molecule has 0 fully saturated rings. The van der Waals surface area contributed by atoms with Gasteiger partial charge in [0, 0.05) is 49.1 Å². The Morgan fingerprint density at radius 1 is 1.17 bits per heavy atom. The maximum Gasteiger partial charge on any atom is 0.126 e. The van der Waals surface area contributed by atoms with Crippen molar-refractivity contribution in [2.75, 3.05) is 6.61 Å². The Balaban J connectivity index is 0.000000605. The zero-order valence-electron chi connectivity index (χ0n) is 6.66. The summed E-state index contributed by atoms with van der Waals surface area (Å²) < 4.78 is 5.34. The van der Waals surface area contributed by atoms with Crippen LogP contribution in [0.1, 0.15) is 5.56 Å². The summed E-state index contributed by atoms with van der Waals surface area (Å²) in [6, 6.07) is 8.03. The first-order valence-corrected chi connectivity index (χ1v) is 3.35. The summed E-state index contributed by atoms with van der Waals surface area (Å²) in [5, 5.41) is 0. The normalized spacial score (nSPS) is 11.7. The summed E-state index contributed by atoms with van der Waals surface area (Å²) >= 11 is 0. The van der Waals surface area contributed by atoms with Crippen LogP contribution in [0.4, 0.5) is 0 Å². The Hall–Kier alpha value is 0.176. The monoisotopic (exact) mass is 249 g/mol. The van der Waals surface area contributed by atoms with Crippen molar-refractivity contribution in [2.24, 2.45) is 0 Å². The van der Waals surface area contributed by atoms with E-state index in [0.717, 1.165) is 5.75 Å². The van der Waals surface area contributed by atoms with E-state index < -0.39 is 0 Å². The molecule has 0 saturated carbocycles. The molecule has 2 rings (SSSR count). The van der Waals surface area contributed by atoms with E-state index in [1.165, 1.54) is 5.56 Å². The molecule has 57 valence electrons. The standard InChI is InChI=1S/C9H8O.Al.Zr/c1-2-6-9-8(4-1)5-3-7-10-9;;/h1-6H,7H2;;. The molecular weight excluding hydrogens is 242 g/mol. The Labute approximate surface area is 102 Å². The number of ether oxygens (including phenoxy) is 1. The van der Waals surface area contributed by atoms with Crippen molar-refractivity contribution in [3.05, 3.63) is 35.9 Å². The van der Waals surface area contributed by atoms with E-state index >= 15 is 0 Å². The van der Waals surface area contributed by atoms with E-state index in [4.69, 9.17) is 4.74 Å². The Morgan fingerprint density at radius 3 is 2.67 bits per heavy atom. The van der Waals surface area contributed by atoms with Crippen LogP contribution in [-0.4, -0.2) is 24.0 Å². The van der Waals surface area contributed by atoms with E-state index in [0.29, 0.717) is 6.61 Å². The maximum atomic E-state index is 5.34. The smallest absolute Gasteiger partial charge is 0.126 e. The third kappa shape index (κ3) is 2.59. The summed E-state index contributed by atoms with van der Waals surface area (Å²) in [5.74, 6) is 0.991. The van der Waals surface area contributed by atoms with E-state index in [9.17, 15) is 0 Å². The van der Waals surface area contributed by atoms with Crippen LogP contribution >= 0.6 is 0 Å². The first kappa shape index (κ1) is 12.2. The second-order valence-electron chi connectivity index (χ2n) is 2.25. The maximum absolute atomic E-state index is 5.34. The third-order valence-electron chi connectivity index (χ3n) is 1.55. The van der Waals surface area contributed by atoms with Gasteiger partial charge in [0.25, 0.3) is 0 Å². The van der Waals surface area contributed by atoms with Crippen molar-refractivity contribution >= 4 is 23.4 Å². The van der Waals surface area contributed by atoms with Crippen LogP contribution < -0.4 is 4.74 Å². The quantitative estimate of drug-likeness (QED) is 0.637. The number of para-hydroxylation sites is 1. The topological polar surface area (TPSA) is 9.23 Å². The summed E-state index contributed by atoms with van der Waals surface area (Å²) in [6.45, 7) is 0.705. The zero-order valence-corrected chi connectivity index (χ0v) is 10.3. The van der Waals surface area contributed by atoms with Gasteiger partial charge in [0.15, 0.2) is 0 Å². The second kappa shape index (κ2) is 5.76. The van der Waals surface area contributed by atoms with Gasteiger partial charge >= 0.3 is 0 Å². The Kier molecular flexibility index (Phi) is 5.84. The predicted molar refractivity (Wildman–Crippen MR) is 46.7 cm³/mol. The number of fused-ring (bicyclic) bond motifs is 1. The minimum Gasteiger partial charge on any atom is -0.489 e. The first-order valence-electron chi connectivity index (χ1n) is 3.35. The average Bonchev–Trinajstić information content (AvgIpc) is 2.05. The van der Waals surface area contributed by atoms with E-state index in [1.54, 1.807) is 0 Å². The Morgan fingerprint density at radius 2 is 1.92 bits per heavy atom. The molecule has 0 bridgehead atoms. The molecule has 1 aliphatic rings. The second-order valence-corrected chi connectivity index (χ2v) is 2.25. The molecule has 3 radical (unpaired) electrons. The van der Waals surface area contributed by atoms with Crippen LogP contribution in [0.5, 0.6) is 5.75 Å². The van der Waals surface area contributed by atoms with Crippen molar-refractivity contribution in [2.45, 2.75) is 0 Å². The van der Waals surface area contributed by atoms with Crippen LogP contribution in [0.2, 0.25) is 0 Å². The van der Waals surface area contributed by atoms with Crippen LogP contribution in [-0.2, 0) is 26.2 Å². The number of rotatable bonds is 0. The molecule has 3 heteroatoms. The molecule has 0 saturated heterocycles. The van der Waals surface area contributed by atoms with Crippen LogP contribution in [0.15, 0.2) is 30.3 Å². The van der Waals surface area contributed by atoms with Gasteiger partial charge in [0.05, 0.1) is 0 Å². The largest absolute Gasteiger partial charge is 0.489 e. The molecule has 0 amide bonds.